The van der Waals surface area contributed by atoms with E-state index >= 15 is 0 Å². The smallest absolute Gasteiger partial charge is 0.164 e. The number of unbranched alkanes of at least 4 members (excludes halogenated alkanes) is 3. The van der Waals surface area contributed by atoms with Crippen molar-refractivity contribution in [1.82, 2.24) is 15.0 Å². The summed E-state index contributed by atoms with van der Waals surface area (Å²) in [6.07, 6.45) is 4.43. The first kappa shape index (κ1) is 21.5. The molecule has 0 amide bonds. The second-order valence-corrected chi connectivity index (χ2v) is 7.63. The Hall–Kier alpha value is -3.73. The number of hydrogen-bond donors (Lipinski definition) is 1. The molecule has 3 aromatic carbocycles. The lowest BCUT2D eigenvalue weighted by Crippen LogP contribution is -2.01. The fourth-order valence-corrected chi connectivity index (χ4v) is 3.42. The van der Waals surface area contributed by atoms with Crippen LogP contribution in [0.5, 0.6) is 11.5 Å². The number of aromatic hydroxyl groups is 1. The van der Waals surface area contributed by atoms with Crippen LogP contribution in [0, 0.1) is 0 Å². The third-order valence-electron chi connectivity index (χ3n) is 5.17. The van der Waals surface area contributed by atoms with Crippen molar-refractivity contribution in [2.75, 3.05) is 6.61 Å². The van der Waals surface area contributed by atoms with Crippen LogP contribution in [0.3, 0.4) is 0 Å². The van der Waals surface area contributed by atoms with E-state index in [-0.39, 0.29) is 5.75 Å². The number of hydrogen-bond acceptors (Lipinski definition) is 5. The summed E-state index contributed by atoms with van der Waals surface area (Å²) in [5, 5.41) is 10.3. The zero-order valence-electron chi connectivity index (χ0n) is 18.2. The molecule has 0 aliphatic carbocycles. The summed E-state index contributed by atoms with van der Waals surface area (Å²) >= 11 is 0. The highest BCUT2D eigenvalue weighted by Gasteiger charge is 2.14. The lowest BCUT2D eigenvalue weighted by atomic mass is 10.1. The van der Waals surface area contributed by atoms with Crippen LogP contribution in [-0.2, 0) is 0 Å². The van der Waals surface area contributed by atoms with Gasteiger partial charge in [0.05, 0.1) is 6.61 Å². The molecule has 0 aliphatic heterocycles. The van der Waals surface area contributed by atoms with Gasteiger partial charge in [0.1, 0.15) is 0 Å². The molecule has 0 saturated carbocycles. The van der Waals surface area contributed by atoms with Crippen molar-refractivity contribution in [2.45, 2.75) is 32.6 Å². The number of aromatic nitrogens is 3. The maximum atomic E-state index is 10.3. The maximum Gasteiger partial charge on any atom is 0.164 e. The molecule has 0 bridgehead atoms. The number of nitrogens with zero attached hydrogens (tertiary/aromatic N) is 3. The predicted octanol–water partition coefficient (Wildman–Crippen LogP) is 6.54. The number of benzene rings is 3. The van der Waals surface area contributed by atoms with Crippen LogP contribution < -0.4 is 4.74 Å². The van der Waals surface area contributed by atoms with E-state index in [2.05, 4.69) is 6.92 Å². The number of phenols is 1. The number of phenolic OH excluding ortho intramolecular Hbond substituents is 1. The van der Waals surface area contributed by atoms with Gasteiger partial charge in [0.2, 0.25) is 0 Å². The Kier molecular flexibility index (Phi) is 7.08. The molecule has 0 saturated heterocycles. The van der Waals surface area contributed by atoms with Crippen molar-refractivity contribution in [3.63, 3.8) is 0 Å². The molecule has 4 aromatic rings. The normalized spacial score (nSPS) is 10.8. The summed E-state index contributed by atoms with van der Waals surface area (Å²) in [6.45, 7) is 2.75. The molecular formula is C27H27N3O2. The van der Waals surface area contributed by atoms with Crippen molar-refractivity contribution in [1.29, 1.82) is 0 Å². The van der Waals surface area contributed by atoms with E-state index in [1.165, 1.54) is 12.8 Å². The minimum atomic E-state index is 0.116. The molecule has 5 heteroatoms. The quantitative estimate of drug-likeness (QED) is 0.309. The lowest BCUT2D eigenvalue weighted by Gasteiger charge is -2.11. The molecular weight excluding hydrogens is 398 g/mol. The maximum absolute atomic E-state index is 10.3. The van der Waals surface area contributed by atoms with Crippen molar-refractivity contribution in [3.05, 3.63) is 78.9 Å². The highest BCUT2D eigenvalue weighted by atomic mass is 16.5. The van der Waals surface area contributed by atoms with Crippen LogP contribution in [0.1, 0.15) is 32.6 Å². The summed E-state index contributed by atoms with van der Waals surface area (Å²) in [4.78, 5) is 14.2. The molecule has 4 rings (SSSR count). The van der Waals surface area contributed by atoms with Gasteiger partial charge in [0, 0.05) is 16.7 Å². The molecule has 32 heavy (non-hydrogen) atoms. The largest absolute Gasteiger partial charge is 0.504 e. The van der Waals surface area contributed by atoms with Crippen LogP contribution >= 0.6 is 0 Å². The van der Waals surface area contributed by atoms with E-state index in [0.29, 0.717) is 29.8 Å². The van der Waals surface area contributed by atoms with Gasteiger partial charge in [0.15, 0.2) is 29.0 Å². The van der Waals surface area contributed by atoms with E-state index in [1.807, 2.05) is 60.7 Å². The highest BCUT2D eigenvalue weighted by Crippen LogP contribution is 2.32. The average Bonchev–Trinajstić information content (AvgIpc) is 2.86. The van der Waals surface area contributed by atoms with E-state index < -0.39 is 0 Å². The van der Waals surface area contributed by atoms with Crippen molar-refractivity contribution >= 4 is 0 Å². The third-order valence-corrected chi connectivity index (χ3v) is 5.17. The Balaban J connectivity index is 1.70. The standard InChI is InChI=1S/C27H27N3O2/c1-2-3-4-11-18-32-24-19-22(16-17-23(24)31)27-29-25(20-12-7-5-8-13-20)28-26(30-27)21-14-9-6-10-15-21/h5-10,12-17,19,31H,2-4,11,18H2,1H3. The van der Waals surface area contributed by atoms with E-state index in [4.69, 9.17) is 19.7 Å². The van der Waals surface area contributed by atoms with Crippen LogP contribution in [0.2, 0.25) is 0 Å². The fourth-order valence-electron chi connectivity index (χ4n) is 3.42. The number of ether oxygens (including phenoxy) is 1. The van der Waals surface area contributed by atoms with Gasteiger partial charge in [-0.05, 0) is 24.6 Å². The predicted molar refractivity (Wildman–Crippen MR) is 127 cm³/mol. The zero-order chi connectivity index (χ0) is 22.2. The minimum Gasteiger partial charge on any atom is -0.504 e. The second kappa shape index (κ2) is 10.5. The van der Waals surface area contributed by atoms with Gasteiger partial charge in [0.25, 0.3) is 0 Å². The van der Waals surface area contributed by atoms with E-state index in [9.17, 15) is 5.11 Å². The Labute approximate surface area is 188 Å². The monoisotopic (exact) mass is 425 g/mol. The zero-order valence-corrected chi connectivity index (χ0v) is 18.2. The van der Waals surface area contributed by atoms with Crippen molar-refractivity contribution < 1.29 is 9.84 Å². The first-order valence-electron chi connectivity index (χ1n) is 11.1. The van der Waals surface area contributed by atoms with E-state index in [0.717, 1.165) is 29.5 Å². The van der Waals surface area contributed by atoms with Gasteiger partial charge in [-0.1, -0.05) is 86.8 Å². The van der Waals surface area contributed by atoms with Gasteiger partial charge in [-0.3, -0.25) is 0 Å². The summed E-state index contributed by atoms with van der Waals surface area (Å²) in [6, 6.07) is 24.9. The fraction of sp³-hybridized carbons (Fsp3) is 0.222. The molecule has 0 atom stereocenters. The SMILES string of the molecule is CCCCCCOc1cc(-c2nc(-c3ccccc3)nc(-c3ccccc3)n2)ccc1O. The van der Waals surface area contributed by atoms with Gasteiger partial charge >= 0.3 is 0 Å². The van der Waals surface area contributed by atoms with Crippen molar-refractivity contribution in [2.24, 2.45) is 0 Å². The molecule has 162 valence electrons. The molecule has 0 spiro atoms. The Morgan fingerprint density at radius 2 is 1.22 bits per heavy atom. The second-order valence-electron chi connectivity index (χ2n) is 7.63. The topological polar surface area (TPSA) is 68.1 Å². The first-order chi connectivity index (χ1) is 15.7. The summed E-state index contributed by atoms with van der Waals surface area (Å²) in [5.41, 5.74) is 2.60. The van der Waals surface area contributed by atoms with Crippen molar-refractivity contribution in [3.8, 4) is 45.7 Å². The Morgan fingerprint density at radius 3 is 1.78 bits per heavy atom. The number of rotatable bonds is 9. The first-order valence-corrected chi connectivity index (χ1v) is 11.1. The van der Waals surface area contributed by atoms with Crippen LogP contribution in [0.15, 0.2) is 78.9 Å². The molecule has 0 fully saturated rings. The molecule has 5 nitrogen and oxygen atoms in total. The molecule has 0 aliphatic rings. The summed E-state index contributed by atoms with van der Waals surface area (Å²) < 4.78 is 5.85. The molecule has 0 radical (unpaired) electrons. The highest BCUT2D eigenvalue weighted by molar-refractivity contribution is 5.67. The van der Waals surface area contributed by atoms with Crippen LogP contribution in [-0.4, -0.2) is 26.7 Å². The average molecular weight is 426 g/mol. The van der Waals surface area contributed by atoms with Crippen LogP contribution in [0.4, 0.5) is 0 Å². The molecule has 0 unspecified atom stereocenters. The minimum absolute atomic E-state index is 0.116. The molecule has 1 aromatic heterocycles. The Bertz CT molecular complexity index is 1090. The third kappa shape index (κ3) is 5.30. The van der Waals surface area contributed by atoms with E-state index in [1.54, 1.807) is 18.2 Å². The molecule has 1 heterocycles. The van der Waals surface area contributed by atoms with Gasteiger partial charge in [-0.15, -0.1) is 0 Å². The lowest BCUT2D eigenvalue weighted by molar-refractivity contribution is 0.289. The van der Waals surface area contributed by atoms with Gasteiger partial charge < -0.3 is 9.84 Å². The van der Waals surface area contributed by atoms with Crippen LogP contribution in [0.25, 0.3) is 34.2 Å². The van der Waals surface area contributed by atoms with Gasteiger partial charge in [-0.2, -0.15) is 0 Å². The summed E-state index contributed by atoms with van der Waals surface area (Å²) in [5.74, 6) is 2.30. The Morgan fingerprint density at radius 1 is 0.656 bits per heavy atom. The summed E-state index contributed by atoms with van der Waals surface area (Å²) in [7, 11) is 0. The van der Waals surface area contributed by atoms with Gasteiger partial charge in [-0.25, -0.2) is 15.0 Å². The molecule has 1 N–H and O–H groups in total.